The van der Waals surface area contributed by atoms with Crippen molar-refractivity contribution in [2.24, 2.45) is 5.92 Å². The maximum atomic E-state index is 13.8. The fourth-order valence-electron chi connectivity index (χ4n) is 4.34. The number of aliphatic hydroxyl groups excluding tert-OH is 1. The van der Waals surface area contributed by atoms with Crippen LogP contribution in [0.25, 0.3) is 0 Å². The number of carbonyl (C=O) groups excluding carboxylic acids is 1. The Labute approximate surface area is 177 Å². The number of fused-ring (bicyclic) bond motifs is 2. The number of hydrogen-bond donors (Lipinski definition) is 3. The Balaban J connectivity index is 1.60. The SMILES string of the molecule is O=C(Nc1ccc(Cl)c(Cl)c1)[C@@H]1[C@@H](c2ccnc(F)c2)[C@H]2O[C@@H]1C[C@H]2NCCO. The molecular formula is C20H20Cl2FN3O3. The number of nitrogens with one attached hydrogen (secondary N) is 2. The molecule has 2 fully saturated rings. The Morgan fingerprint density at radius 1 is 1.28 bits per heavy atom. The molecule has 2 aromatic rings. The van der Waals surface area contributed by atoms with Crippen LogP contribution in [0.4, 0.5) is 10.1 Å². The van der Waals surface area contributed by atoms with E-state index in [2.05, 4.69) is 15.6 Å². The molecule has 0 saturated carbocycles. The second-order valence-electron chi connectivity index (χ2n) is 7.24. The molecule has 2 bridgehead atoms. The highest BCUT2D eigenvalue weighted by Gasteiger charge is 2.57. The van der Waals surface area contributed by atoms with E-state index in [4.69, 9.17) is 33.0 Å². The van der Waals surface area contributed by atoms with Gasteiger partial charge in [0.2, 0.25) is 11.9 Å². The van der Waals surface area contributed by atoms with Crippen molar-refractivity contribution in [1.29, 1.82) is 0 Å². The van der Waals surface area contributed by atoms with E-state index in [0.29, 0.717) is 34.3 Å². The smallest absolute Gasteiger partial charge is 0.230 e. The average Bonchev–Trinajstić information content (AvgIpc) is 3.27. The van der Waals surface area contributed by atoms with Crippen LogP contribution < -0.4 is 10.6 Å². The Morgan fingerprint density at radius 3 is 2.83 bits per heavy atom. The summed E-state index contributed by atoms with van der Waals surface area (Å²) in [6, 6.07) is 7.90. The summed E-state index contributed by atoms with van der Waals surface area (Å²) in [6.45, 7) is 0.429. The number of halogens is 3. The largest absolute Gasteiger partial charge is 0.395 e. The zero-order chi connectivity index (χ0) is 20.5. The predicted molar refractivity (Wildman–Crippen MR) is 108 cm³/mol. The molecular weight excluding hydrogens is 420 g/mol. The lowest BCUT2D eigenvalue weighted by atomic mass is 9.73. The fraction of sp³-hybridized carbons (Fsp3) is 0.400. The minimum absolute atomic E-state index is 0.00365. The first-order valence-electron chi connectivity index (χ1n) is 9.35. The molecule has 1 amide bonds. The number of aromatic nitrogens is 1. The van der Waals surface area contributed by atoms with Gasteiger partial charge < -0.3 is 20.5 Å². The van der Waals surface area contributed by atoms with E-state index in [9.17, 15) is 9.18 Å². The molecule has 29 heavy (non-hydrogen) atoms. The van der Waals surface area contributed by atoms with E-state index in [-0.39, 0.29) is 36.7 Å². The lowest BCUT2D eigenvalue weighted by Gasteiger charge is -2.32. The third-order valence-electron chi connectivity index (χ3n) is 5.50. The van der Waals surface area contributed by atoms with Crippen LogP contribution >= 0.6 is 23.2 Å². The van der Waals surface area contributed by atoms with Gasteiger partial charge in [-0.3, -0.25) is 4.79 Å². The number of amides is 1. The van der Waals surface area contributed by atoms with Crippen molar-refractivity contribution in [2.75, 3.05) is 18.5 Å². The number of anilines is 1. The summed E-state index contributed by atoms with van der Waals surface area (Å²) in [5.74, 6) is -1.67. The molecule has 9 heteroatoms. The number of ether oxygens (including phenoxy) is 1. The summed E-state index contributed by atoms with van der Waals surface area (Å²) in [6.07, 6.45) is 1.40. The van der Waals surface area contributed by atoms with Crippen LogP contribution in [0, 0.1) is 11.9 Å². The number of benzene rings is 1. The van der Waals surface area contributed by atoms with E-state index in [1.54, 1.807) is 24.3 Å². The highest BCUT2D eigenvalue weighted by Crippen LogP contribution is 2.49. The van der Waals surface area contributed by atoms with Crippen LogP contribution in [0.5, 0.6) is 0 Å². The van der Waals surface area contributed by atoms with Crippen molar-refractivity contribution in [1.82, 2.24) is 10.3 Å². The van der Waals surface area contributed by atoms with Gasteiger partial charge in [0.1, 0.15) is 0 Å². The summed E-state index contributed by atoms with van der Waals surface area (Å²) in [7, 11) is 0. The summed E-state index contributed by atoms with van der Waals surface area (Å²) in [5, 5.41) is 16.0. The molecule has 5 atom stereocenters. The minimum Gasteiger partial charge on any atom is -0.395 e. The first-order chi connectivity index (χ1) is 14.0. The molecule has 154 valence electrons. The van der Waals surface area contributed by atoms with Crippen molar-refractivity contribution in [3.05, 3.63) is 58.1 Å². The normalized spacial score (nSPS) is 27.9. The van der Waals surface area contributed by atoms with E-state index < -0.39 is 11.9 Å². The van der Waals surface area contributed by atoms with E-state index in [1.165, 1.54) is 12.3 Å². The van der Waals surface area contributed by atoms with Gasteiger partial charge in [0.15, 0.2) is 0 Å². The van der Waals surface area contributed by atoms with Gasteiger partial charge in [-0.2, -0.15) is 4.39 Å². The van der Waals surface area contributed by atoms with Gasteiger partial charge >= 0.3 is 0 Å². The first kappa shape index (κ1) is 20.5. The molecule has 0 spiro atoms. The Hall–Kier alpha value is -1.77. The Kier molecular flexibility index (Phi) is 6.03. The fourth-order valence-corrected chi connectivity index (χ4v) is 4.64. The van der Waals surface area contributed by atoms with Crippen molar-refractivity contribution in [3.63, 3.8) is 0 Å². The van der Waals surface area contributed by atoms with Crippen molar-refractivity contribution in [3.8, 4) is 0 Å². The molecule has 6 nitrogen and oxygen atoms in total. The summed E-state index contributed by atoms with van der Waals surface area (Å²) in [4.78, 5) is 16.8. The molecule has 2 aliphatic rings. The van der Waals surface area contributed by atoms with Crippen molar-refractivity contribution >= 4 is 34.8 Å². The third-order valence-corrected chi connectivity index (χ3v) is 6.24. The summed E-state index contributed by atoms with van der Waals surface area (Å²) in [5.41, 5.74) is 1.19. The monoisotopic (exact) mass is 439 g/mol. The molecule has 1 aromatic heterocycles. The second kappa shape index (κ2) is 8.53. The number of hydrogen-bond acceptors (Lipinski definition) is 5. The van der Waals surface area contributed by atoms with Crippen molar-refractivity contribution < 1.29 is 19.0 Å². The number of pyridine rings is 1. The van der Waals surface area contributed by atoms with Gasteiger partial charge in [-0.1, -0.05) is 23.2 Å². The van der Waals surface area contributed by atoms with Crippen LogP contribution in [-0.4, -0.2) is 47.4 Å². The molecule has 3 heterocycles. The highest BCUT2D eigenvalue weighted by molar-refractivity contribution is 6.42. The zero-order valence-electron chi connectivity index (χ0n) is 15.3. The topological polar surface area (TPSA) is 83.5 Å². The quantitative estimate of drug-likeness (QED) is 0.602. The summed E-state index contributed by atoms with van der Waals surface area (Å²) < 4.78 is 19.9. The van der Waals surface area contributed by atoms with E-state index >= 15 is 0 Å². The lowest BCUT2D eigenvalue weighted by Crippen LogP contribution is -2.47. The predicted octanol–water partition coefficient (Wildman–Crippen LogP) is 2.99. The number of aliphatic hydroxyl groups is 1. The molecule has 0 unspecified atom stereocenters. The zero-order valence-corrected chi connectivity index (χ0v) is 16.8. The van der Waals surface area contributed by atoms with E-state index in [1.807, 2.05) is 0 Å². The van der Waals surface area contributed by atoms with Gasteiger partial charge in [-0.25, -0.2) is 4.98 Å². The van der Waals surface area contributed by atoms with Gasteiger partial charge in [0, 0.05) is 30.4 Å². The Bertz CT molecular complexity index is 916. The van der Waals surface area contributed by atoms with E-state index in [0.717, 1.165) is 0 Å². The molecule has 2 aliphatic heterocycles. The molecule has 4 rings (SSSR count). The molecule has 3 N–H and O–H groups in total. The van der Waals surface area contributed by atoms with Crippen molar-refractivity contribution in [2.45, 2.75) is 30.6 Å². The van der Waals surface area contributed by atoms with Gasteiger partial charge in [-0.05, 0) is 42.3 Å². The number of carbonyl (C=O) groups is 1. The van der Waals surface area contributed by atoms with Crippen LogP contribution in [-0.2, 0) is 9.53 Å². The van der Waals surface area contributed by atoms with Crippen LogP contribution in [0.15, 0.2) is 36.5 Å². The summed E-state index contributed by atoms with van der Waals surface area (Å²) >= 11 is 12.0. The molecule has 0 radical (unpaired) electrons. The Morgan fingerprint density at radius 2 is 2.10 bits per heavy atom. The molecule has 0 aliphatic carbocycles. The molecule has 2 saturated heterocycles. The maximum absolute atomic E-state index is 13.8. The number of nitrogens with zero attached hydrogens (tertiary/aromatic N) is 1. The minimum atomic E-state index is -0.603. The third kappa shape index (κ3) is 4.11. The van der Waals surface area contributed by atoms with Gasteiger partial charge in [0.05, 0.1) is 34.8 Å². The van der Waals surface area contributed by atoms with Crippen LogP contribution in [0.2, 0.25) is 10.0 Å². The number of rotatable bonds is 6. The highest BCUT2D eigenvalue weighted by atomic mass is 35.5. The van der Waals surface area contributed by atoms with Gasteiger partial charge in [-0.15, -0.1) is 0 Å². The average molecular weight is 440 g/mol. The maximum Gasteiger partial charge on any atom is 0.230 e. The molecule has 1 aromatic carbocycles. The first-order valence-corrected chi connectivity index (χ1v) is 10.1. The van der Waals surface area contributed by atoms with Gasteiger partial charge in [0.25, 0.3) is 0 Å². The van der Waals surface area contributed by atoms with Crippen LogP contribution in [0.3, 0.4) is 0 Å². The lowest BCUT2D eigenvalue weighted by molar-refractivity contribution is -0.121. The second-order valence-corrected chi connectivity index (χ2v) is 8.06. The standard InChI is InChI=1S/C20H20Cl2FN3O3/c21-12-2-1-11(8-13(12)22)26-20(28)18-15-9-14(24-5-6-27)19(29-15)17(18)10-3-4-25-16(23)7-10/h1-4,7-8,14-15,17-19,24,27H,5-6,9H2,(H,26,28)/t14-,15-,17-,18+,19+/m1/s1. The van der Waals surface area contributed by atoms with Crippen LogP contribution in [0.1, 0.15) is 17.9 Å².